The van der Waals surface area contributed by atoms with Gasteiger partial charge in [0.25, 0.3) is 0 Å². The first-order valence-electron chi connectivity index (χ1n) is 9.77. The Kier molecular flexibility index (Phi) is 9.42. The molecule has 0 saturated carbocycles. The third-order valence-electron chi connectivity index (χ3n) is 4.51. The van der Waals surface area contributed by atoms with Crippen LogP contribution in [0.15, 0.2) is 15.2 Å². The van der Waals surface area contributed by atoms with Crippen molar-refractivity contribution in [2.75, 3.05) is 19.6 Å². The minimum Gasteiger partial charge on any atom is -0.357 e. The molecule has 0 amide bonds. The van der Waals surface area contributed by atoms with Gasteiger partial charge in [-0.05, 0) is 33.1 Å². The quantitative estimate of drug-likeness (QED) is 0.241. The van der Waals surface area contributed by atoms with Gasteiger partial charge >= 0.3 is 5.69 Å². The molecule has 0 aromatic carbocycles. The minimum atomic E-state index is 0. The standard InChI is InChI=1S/C18H29N7OS.HI/c1-3-19-17(21-10-8-15-13-27-14(2)22-15)20-9-6-12-25-18(26)24-11-5-4-7-16(24)23-25;/h13H,3-12H2,1-2H3,(H2,19,20,21);1H. The zero-order valence-corrected chi connectivity index (χ0v) is 19.8. The van der Waals surface area contributed by atoms with Crippen LogP contribution in [0.2, 0.25) is 0 Å². The number of aliphatic imine (C=N–C) groups is 1. The Bertz CT molecular complexity index is 826. The summed E-state index contributed by atoms with van der Waals surface area (Å²) in [4.78, 5) is 21.4. The number of thiazole rings is 1. The fraction of sp³-hybridized carbons (Fsp3) is 0.667. The lowest BCUT2D eigenvalue weighted by atomic mass is 10.2. The largest absolute Gasteiger partial charge is 0.357 e. The molecule has 0 fully saturated rings. The van der Waals surface area contributed by atoms with Crippen LogP contribution >= 0.6 is 35.3 Å². The third-order valence-corrected chi connectivity index (χ3v) is 5.34. The Balaban J connectivity index is 0.00000280. The highest BCUT2D eigenvalue weighted by Crippen LogP contribution is 2.09. The van der Waals surface area contributed by atoms with E-state index in [4.69, 9.17) is 0 Å². The summed E-state index contributed by atoms with van der Waals surface area (Å²) in [6, 6.07) is 0. The molecule has 2 N–H and O–H groups in total. The van der Waals surface area contributed by atoms with Gasteiger partial charge in [0.2, 0.25) is 0 Å². The molecule has 10 heteroatoms. The molecule has 1 aliphatic heterocycles. The average Bonchev–Trinajstić information content (AvgIpc) is 3.22. The van der Waals surface area contributed by atoms with E-state index in [1.54, 1.807) is 16.0 Å². The van der Waals surface area contributed by atoms with Crippen LogP contribution in [-0.2, 0) is 25.9 Å². The normalized spacial score (nSPS) is 13.7. The van der Waals surface area contributed by atoms with E-state index in [1.807, 2.05) is 11.5 Å². The van der Waals surface area contributed by atoms with Gasteiger partial charge in [-0.25, -0.2) is 14.5 Å². The first-order valence-corrected chi connectivity index (χ1v) is 10.6. The van der Waals surface area contributed by atoms with Gasteiger partial charge < -0.3 is 10.6 Å². The first kappa shape index (κ1) is 22.9. The van der Waals surface area contributed by atoms with Crippen LogP contribution in [-0.4, -0.2) is 44.9 Å². The van der Waals surface area contributed by atoms with E-state index in [0.717, 1.165) is 74.2 Å². The molecule has 3 heterocycles. The van der Waals surface area contributed by atoms with Gasteiger partial charge in [-0.2, -0.15) is 5.10 Å². The third kappa shape index (κ3) is 6.29. The average molecular weight is 519 g/mol. The van der Waals surface area contributed by atoms with Gasteiger partial charge in [0.1, 0.15) is 5.82 Å². The number of guanidine groups is 1. The molecule has 156 valence electrons. The smallest absolute Gasteiger partial charge is 0.345 e. The minimum absolute atomic E-state index is 0. The molecule has 1 aliphatic rings. The number of aryl methyl sites for hydroxylation is 3. The summed E-state index contributed by atoms with van der Waals surface area (Å²) in [6.45, 7) is 7.75. The summed E-state index contributed by atoms with van der Waals surface area (Å²) < 4.78 is 3.42. The van der Waals surface area contributed by atoms with Crippen LogP contribution in [0.4, 0.5) is 0 Å². The Morgan fingerprint density at radius 3 is 2.93 bits per heavy atom. The number of fused-ring (bicyclic) bond motifs is 1. The highest BCUT2D eigenvalue weighted by Gasteiger charge is 2.16. The maximum atomic E-state index is 12.3. The van der Waals surface area contributed by atoms with Crippen molar-refractivity contribution >= 4 is 41.3 Å². The maximum Gasteiger partial charge on any atom is 0.345 e. The zero-order valence-electron chi connectivity index (χ0n) is 16.6. The van der Waals surface area contributed by atoms with Gasteiger partial charge in [0.15, 0.2) is 5.96 Å². The molecule has 0 spiro atoms. The lowest BCUT2D eigenvalue weighted by Crippen LogP contribution is -2.38. The number of halogens is 1. The van der Waals surface area contributed by atoms with Crippen molar-refractivity contribution in [3.63, 3.8) is 0 Å². The van der Waals surface area contributed by atoms with Crippen LogP contribution in [0.1, 0.15) is 42.7 Å². The molecule has 0 bridgehead atoms. The van der Waals surface area contributed by atoms with E-state index >= 15 is 0 Å². The molecule has 2 aromatic rings. The molecule has 8 nitrogen and oxygen atoms in total. The van der Waals surface area contributed by atoms with Crippen LogP contribution in [0.5, 0.6) is 0 Å². The van der Waals surface area contributed by atoms with Crippen molar-refractivity contribution in [1.29, 1.82) is 0 Å². The fourth-order valence-corrected chi connectivity index (χ4v) is 3.83. The lowest BCUT2D eigenvalue weighted by Gasteiger charge is -2.10. The predicted octanol–water partition coefficient (Wildman–Crippen LogP) is 1.95. The van der Waals surface area contributed by atoms with Crippen LogP contribution in [0, 0.1) is 6.92 Å². The number of nitrogens with one attached hydrogen (secondary N) is 2. The monoisotopic (exact) mass is 519 g/mol. The molecule has 2 aromatic heterocycles. The zero-order chi connectivity index (χ0) is 19.1. The van der Waals surface area contributed by atoms with Gasteiger partial charge in [-0.1, -0.05) is 0 Å². The van der Waals surface area contributed by atoms with E-state index in [0.29, 0.717) is 13.1 Å². The van der Waals surface area contributed by atoms with Crippen molar-refractivity contribution in [3.8, 4) is 0 Å². The fourth-order valence-electron chi connectivity index (χ4n) is 3.18. The highest BCUT2D eigenvalue weighted by molar-refractivity contribution is 14.0. The second kappa shape index (κ2) is 11.5. The number of nitrogens with zero attached hydrogens (tertiary/aromatic N) is 5. The van der Waals surface area contributed by atoms with E-state index in [1.165, 1.54) is 0 Å². The van der Waals surface area contributed by atoms with E-state index < -0.39 is 0 Å². The number of rotatable bonds is 8. The summed E-state index contributed by atoms with van der Waals surface area (Å²) in [6.07, 6.45) is 4.77. The Morgan fingerprint density at radius 1 is 1.36 bits per heavy atom. The second-order valence-electron chi connectivity index (χ2n) is 6.68. The first-order chi connectivity index (χ1) is 13.2. The number of hydrogen-bond donors (Lipinski definition) is 2. The summed E-state index contributed by atoms with van der Waals surface area (Å²) >= 11 is 1.68. The van der Waals surface area contributed by atoms with E-state index in [-0.39, 0.29) is 29.7 Å². The van der Waals surface area contributed by atoms with Crippen molar-refractivity contribution < 1.29 is 0 Å². The lowest BCUT2D eigenvalue weighted by molar-refractivity contribution is 0.509. The van der Waals surface area contributed by atoms with Gasteiger partial charge in [0, 0.05) is 50.9 Å². The van der Waals surface area contributed by atoms with Crippen molar-refractivity contribution in [3.05, 3.63) is 32.4 Å². The maximum absolute atomic E-state index is 12.3. The van der Waals surface area contributed by atoms with E-state index in [2.05, 4.69) is 38.0 Å². The predicted molar refractivity (Wildman–Crippen MR) is 124 cm³/mol. The van der Waals surface area contributed by atoms with Crippen LogP contribution < -0.4 is 16.3 Å². The van der Waals surface area contributed by atoms with Gasteiger partial charge in [0.05, 0.1) is 10.7 Å². The summed E-state index contributed by atoms with van der Waals surface area (Å²) in [5.74, 6) is 1.74. The molecule has 0 aliphatic carbocycles. The van der Waals surface area contributed by atoms with Crippen LogP contribution in [0.3, 0.4) is 0 Å². The van der Waals surface area contributed by atoms with Crippen molar-refractivity contribution in [1.82, 2.24) is 30.0 Å². The summed E-state index contributed by atoms with van der Waals surface area (Å²) in [5, 5.41) is 14.3. The molecular weight excluding hydrogens is 489 g/mol. The molecule has 0 radical (unpaired) electrons. The Labute approximate surface area is 186 Å². The van der Waals surface area contributed by atoms with E-state index in [9.17, 15) is 4.79 Å². The molecule has 28 heavy (non-hydrogen) atoms. The Morgan fingerprint density at radius 2 is 2.21 bits per heavy atom. The molecule has 0 saturated heterocycles. The van der Waals surface area contributed by atoms with Crippen LogP contribution in [0.25, 0.3) is 0 Å². The van der Waals surface area contributed by atoms with Crippen molar-refractivity contribution in [2.45, 2.75) is 59.0 Å². The topological polar surface area (TPSA) is 89.1 Å². The Hall–Kier alpha value is -1.43. The highest BCUT2D eigenvalue weighted by atomic mass is 127. The summed E-state index contributed by atoms with van der Waals surface area (Å²) in [7, 11) is 0. The molecule has 0 atom stereocenters. The summed E-state index contributed by atoms with van der Waals surface area (Å²) in [5.41, 5.74) is 1.14. The van der Waals surface area contributed by atoms with Crippen molar-refractivity contribution in [2.24, 2.45) is 4.99 Å². The number of hydrogen-bond acceptors (Lipinski definition) is 5. The second-order valence-corrected chi connectivity index (χ2v) is 7.74. The molecular formula is C18H30IN7OS. The van der Waals surface area contributed by atoms with Gasteiger partial charge in [-0.15, -0.1) is 35.3 Å². The SMILES string of the molecule is CCNC(=NCCCn1nc2n(c1=O)CCCC2)NCCc1csc(C)n1.I. The molecule has 3 rings (SSSR count). The number of aromatic nitrogens is 4. The molecule has 0 unspecified atom stereocenters. The van der Waals surface area contributed by atoms with Gasteiger partial charge in [-0.3, -0.25) is 9.56 Å².